The molecule has 0 spiro atoms. The van der Waals surface area contributed by atoms with E-state index in [1.165, 1.54) is 0 Å². The zero-order valence-electron chi connectivity index (χ0n) is 14.7. The molecule has 0 aromatic rings. The molecule has 0 heterocycles. The molecule has 2 aliphatic carbocycles. The Kier molecular flexibility index (Phi) is 7.41. The summed E-state index contributed by atoms with van der Waals surface area (Å²) in [5.74, 6) is -5.90. The van der Waals surface area contributed by atoms with E-state index in [-0.39, 0.29) is 13.2 Å². The molecule has 0 aliphatic heterocycles. The molecule has 0 radical (unpaired) electrons. The van der Waals surface area contributed by atoms with Gasteiger partial charge in [0.1, 0.15) is 13.2 Å². The molecule has 2 fully saturated rings. The summed E-state index contributed by atoms with van der Waals surface area (Å²) in [5.41, 5.74) is 0. The van der Waals surface area contributed by atoms with Gasteiger partial charge in [-0.2, -0.15) is 0 Å². The summed E-state index contributed by atoms with van der Waals surface area (Å²) in [6, 6.07) is 0. The van der Waals surface area contributed by atoms with Crippen molar-refractivity contribution in [3.05, 3.63) is 0 Å². The molecule has 2 saturated carbocycles. The molecule has 0 aromatic heterocycles. The van der Waals surface area contributed by atoms with Crippen molar-refractivity contribution in [2.24, 2.45) is 23.7 Å². The van der Waals surface area contributed by atoms with Crippen LogP contribution in [0.1, 0.15) is 51.4 Å². The quantitative estimate of drug-likeness (QED) is 0.513. The van der Waals surface area contributed by atoms with Gasteiger partial charge in [0.15, 0.2) is 0 Å². The Bertz CT molecular complexity index is 495. The van der Waals surface area contributed by atoms with E-state index in [2.05, 4.69) is 0 Å². The number of aliphatic carboxylic acids is 2. The van der Waals surface area contributed by atoms with Crippen molar-refractivity contribution < 1.29 is 38.9 Å². The molecule has 26 heavy (non-hydrogen) atoms. The number of carbonyl (C=O) groups is 4. The predicted octanol–water partition coefficient (Wildman–Crippen LogP) is 1.85. The number of ether oxygens (including phenoxy) is 2. The van der Waals surface area contributed by atoms with E-state index < -0.39 is 47.5 Å². The lowest BCUT2D eigenvalue weighted by molar-refractivity contribution is -0.165. The number of rotatable bonds is 7. The maximum atomic E-state index is 12.1. The van der Waals surface area contributed by atoms with Gasteiger partial charge in [0, 0.05) is 0 Å². The highest BCUT2D eigenvalue weighted by Gasteiger charge is 2.38. The van der Waals surface area contributed by atoms with Gasteiger partial charge in [-0.15, -0.1) is 0 Å². The summed E-state index contributed by atoms with van der Waals surface area (Å²) in [6.07, 6.45) is 5.03. The standard InChI is InChI=1S/C18H26O8/c19-15(20)11-5-1-3-7-13(11)17(23)25-9-10-26-18(24)14-8-4-2-6-12(14)16(21)22/h11-14H,1-10H2,(H,19,20)(H,21,22)/t11-,12-,13+,14+/m1/s1. The first-order chi connectivity index (χ1) is 12.4. The largest absolute Gasteiger partial charge is 0.481 e. The molecule has 2 aliphatic rings. The number of carbonyl (C=O) groups excluding carboxylic acids is 2. The smallest absolute Gasteiger partial charge is 0.309 e. The summed E-state index contributed by atoms with van der Waals surface area (Å²) >= 11 is 0. The second-order valence-electron chi connectivity index (χ2n) is 7.01. The van der Waals surface area contributed by atoms with Gasteiger partial charge in [0.25, 0.3) is 0 Å². The molecular weight excluding hydrogens is 344 g/mol. The van der Waals surface area contributed by atoms with Crippen LogP contribution < -0.4 is 0 Å². The number of esters is 2. The van der Waals surface area contributed by atoms with Crippen molar-refractivity contribution in [1.82, 2.24) is 0 Å². The highest BCUT2D eigenvalue weighted by Crippen LogP contribution is 2.32. The van der Waals surface area contributed by atoms with E-state index in [0.717, 1.165) is 25.7 Å². The highest BCUT2D eigenvalue weighted by molar-refractivity contribution is 5.82. The van der Waals surface area contributed by atoms with E-state index >= 15 is 0 Å². The Morgan fingerprint density at radius 2 is 0.923 bits per heavy atom. The molecular formula is C18H26O8. The van der Waals surface area contributed by atoms with Crippen LogP contribution in [0.15, 0.2) is 0 Å². The average molecular weight is 370 g/mol. The van der Waals surface area contributed by atoms with E-state index in [4.69, 9.17) is 9.47 Å². The van der Waals surface area contributed by atoms with E-state index in [0.29, 0.717) is 25.7 Å². The lowest BCUT2D eigenvalue weighted by Gasteiger charge is -2.27. The maximum Gasteiger partial charge on any atom is 0.309 e. The number of hydrogen-bond acceptors (Lipinski definition) is 6. The van der Waals surface area contributed by atoms with E-state index in [9.17, 15) is 29.4 Å². The van der Waals surface area contributed by atoms with Gasteiger partial charge in [-0.1, -0.05) is 25.7 Å². The van der Waals surface area contributed by atoms with Gasteiger partial charge in [0.05, 0.1) is 23.7 Å². The fourth-order valence-electron chi connectivity index (χ4n) is 3.92. The van der Waals surface area contributed by atoms with Crippen LogP contribution in [-0.4, -0.2) is 47.3 Å². The van der Waals surface area contributed by atoms with Gasteiger partial charge < -0.3 is 19.7 Å². The van der Waals surface area contributed by atoms with Crippen molar-refractivity contribution in [3.63, 3.8) is 0 Å². The number of carboxylic acids is 2. The molecule has 4 atom stereocenters. The maximum absolute atomic E-state index is 12.1. The fourth-order valence-corrected chi connectivity index (χ4v) is 3.92. The zero-order valence-corrected chi connectivity index (χ0v) is 14.7. The highest BCUT2D eigenvalue weighted by atomic mass is 16.6. The Morgan fingerprint density at radius 3 is 1.23 bits per heavy atom. The summed E-state index contributed by atoms with van der Waals surface area (Å²) in [6.45, 7) is -0.310. The van der Waals surface area contributed by atoms with Crippen LogP contribution in [0.3, 0.4) is 0 Å². The van der Waals surface area contributed by atoms with Gasteiger partial charge in [-0.25, -0.2) is 0 Å². The molecule has 0 unspecified atom stereocenters. The molecule has 8 nitrogen and oxygen atoms in total. The average Bonchev–Trinajstić information content (AvgIpc) is 2.64. The molecule has 8 heteroatoms. The third kappa shape index (κ3) is 5.19. The van der Waals surface area contributed by atoms with E-state index in [1.807, 2.05) is 0 Å². The molecule has 0 aromatic carbocycles. The van der Waals surface area contributed by atoms with E-state index in [1.54, 1.807) is 0 Å². The van der Waals surface area contributed by atoms with Crippen LogP contribution in [0.25, 0.3) is 0 Å². The summed E-state index contributed by atoms with van der Waals surface area (Å²) in [7, 11) is 0. The molecule has 0 amide bonds. The molecule has 2 N–H and O–H groups in total. The van der Waals surface area contributed by atoms with Crippen LogP contribution in [0.5, 0.6) is 0 Å². The SMILES string of the molecule is O=C(OCCOC(=O)[C@H]1CCCC[C@H]1C(=O)O)[C@H]1CCCC[C@H]1C(=O)O. The van der Waals surface area contributed by atoms with Crippen LogP contribution >= 0.6 is 0 Å². The Morgan fingerprint density at radius 1 is 0.615 bits per heavy atom. The first kappa shape index (κ1) is 20.2. The third-order valence-electron chi connectivity index (χ3n) is 5.34. The Balaban J connectivity index is 1.75. The number of hydrogen-bond donors (Lipinski definition) is 2. The zero-order chi connectivity index (χ0) is 19.1. The normalized spacial score (nSPS) is 28.8. The molecule has 0 saturated heterocycles. The minimum Gasteiger partial charge on any atom is -0.481 e. The predicted molar refractivity (Wildman–Crippen MR) is 88.1 cm³/mol. The minimum atomic E-state index is -0.991. The lowest BCUT2D eigenvalue weighted by Crippen LogP contribution is -2.35. The Hall–Kier alpha value is -2.12. The molecule has 146 valence electrons. The summed E-state index contributed by atoms with van der Waals surface area (Å²) < 4.78 is 10.2. The van der Waals surface area contributed by atoms with Crippen molar-refractivity contribution in [2.75, 3.05) is 13.2 Å². The van der Waals surface area contributed by atoms with Crippen molar-refractivity contribution in [3.8, 4) is 0 Å². The molecule has 0 bridgehead atoms. The third-order valence-corrected chi connectivity index (χ3v) is 5.34. The van der Waals surface area contributed by atoms with Crippen LogP contribution in [0.4, 0.5) is 0 Å². The summed E-state index contributed by atoms with van der Waals surface area (Å²) in [4.78, 5) is 46.6. The fraction of sp³-hybridized carbons (Fsp3) is 0.778. The van der Waals surface area contributed by atoms with Crippen LogP contribution in [0.2, 0.25) is 0 Å². The monoisotopic (exact) mass is 370 g/mol. The van der Waals surface area contributed by atoms with Crippen molar-refractivity contribution in [1.29, 1.82) is 0 Å². The van der Waals surface area contributed by atoms with Gasteiger partial charge in [-0.3, -0.25) is 19.2 Å². The van der Waals surface area contributed by atoms with Crippen LogP contribution in [-0.2, 0) is 28.7 Å². The lowest BCUT2D eigenvalue weighted by atomic mass is 9.79. The first-order valence-electron chi connectivity index (χ1n) is 9.20. The summed E-state index contributed by atoms with van der Waals surface area (Å²) in [5, 5.41) is 18.4. The van der Waals surface area contributed by atoms with Gasteiger partial charge >= 0.3 is 23.9 Å². The second-order valence-corrected chi connectivity index (χ2v) is 7.01. The van der Waals surface area contributed by atoms with Crippen molar-refractivity contribution in [2.45, 2.75) is 51.4 Å². The van der Waals surface area contributed by atoms with Crippen molar-refractivity contribution >= 4 is 23.9 Å². The first-order valence-corrected chi connectivity index (χ1v) is 9.20. The topological polar surface area (TPSA) is 127 Å². The Labute approximate surface area is 151 Å². The van der Waals surface area contributed by atoms with Crippen LogP contribution in [0, 0.1) is 23.7 Å². The van der Waals surface area contributed by atoms with Gasteiger partial charge in [-0.05, 0) is 25.7 Å². The van der Waals surface area contributed by atoms with Gasteiger partial charge in [0.2, 0.25) is 0 Å². The molecule has 2 rings (SSSR count). The second kappa shape index (κ2) is 9.54. The number of carboxylic acid groups (broad SMARTS) is 2. The minimum absolute atomic E-state index is 0.155.